The maximum Gasteiger partial charge on any atom is 0.208 e. The Labute approximate surface area is 137 Å². The van der Waals surface area contributed by atoms with Crippen molar-refractivity contribution in [2.45, 2.75) is 19.4 Å². The molecule has 1 aromatic heterocycles. The van der Waals surface area contributed by atoms with Crippen molar-refractivity contribution in [3.63, 3.8) is 0 Å². The van der Waals surface area contributed by atoms with E-state index in [4.69, 9.17) is 9.15 Å². The van der Waals surface area contributed by atoms with Crippen molar-refractivity contribution < 1.29 is 17.6 Å². The van der Waals surface area contributed by atoms with E-state index >= 15 is 0 Å². The van der Waals surface area contributed by atoms with Gasteiger partial charge in [-0.3, -0.25) is 4.99 Å². The van der Waals surface area contributed by atoms with Gasteiger partial charge in [0.2, 0.25) is 10.0 Å². The number of hydrogen-bond donors (Lipinski definition) is 3. The minimum Gasteiger partial charge on any atom is -0.467 e. The van der Waals surface area contributed by atoms with Crippen molar-refractivity contribution in [2.24, 2.45) is 4.99 Å². The first-order chi connectivity index (χ1) is 11.0. The lowest BCUT2D eigenvalue weighted by atomic mass is 10.4. The molecule has 23 heavy (non-hydrogen) atoms. The predicted octanol–water partition coefficient (Wildman–Crippen LogP) is 0.291. The van der Waals surface area contributed by atoms with Crippen LogP contribution < -0.4 is 15.4 Å². The minimum atomic E-state index is -3.11. The number of sulfonamides is 1. The number of nitrogens with one attached hydrogen (secondary N) is 3. The average molecular weight is 346 g/mol. The molecule has 8 nitrogen and oxygen atoms in total. The highest BCUT2D eigenvalue weighted by Crippen LogP contribution is 2.01. The van der Waals surface area contributed by atoms with E-state index < -0.39 is 10.0 Å². The van der Waals surface area contributed by atoms with Crippen LogP contribution in [0.25, 0.3) is 0 Å². The van der Waals surface area contributed by atoms with Crippen LogP contribution >= 0.6 is 0 Å². The molecular formula is C14H26N4O4S. The van der Waals surface area contributed by atoms with Gasteiger partial charge in [-0.25, -0.2) is 13.1 Å². The molecule has 0 radical (unpaired) electrons. The van der Waals surface area contributed by atoms with Gasteiger partial charge in [0.25, 0.3) is 0 Å². The fraction of sp³-hybridized carbons (Fsp3) is 0.643. The predicted molar refractivity (Wildman–Crippen MR) is 89.8 cm³/mol. The summed E-state index contributed by atoms with van der Waals surface area (Å²) in [5, 5.41) is 6.28. The van der Waals surface area contributed by atoms with Gasteiger partial charge in [0.05, 0.1) is 12.5 Å². The van der Waals surface area contributed by atoms with Crippen LogP contribution in [-0.4, -0.2) is 53.9 Å². The highest BCUT2D eigenvalue weighted by Gasteiger charge is 2.00. The van der Waals surface area contributed by atoms with Gasteiger partial charge in [-0.1, -0.05) is 0 Å². The molecule has 0 atom stereocenters. The lowest BCUT2D eigenvalue weighted by Crippen LogP contribution is -2.39. The monoisotopic (exact) mass is 346 g/mol. The molecule has 0 aliphatic carbocycles. The Bertz CT molecular complexity index is 543. The fourth-order valence-corrected chi connectivity index (χ4v) is 2.24. The fourth-order valence-electron chi connectivity index (χ4n) is 1.72. The average Bonchev–Trinajstić information content (AvgIpc) is 3.00. The Morgan fingerprint density at radius 2 is 2.00 bits per heavy atom. The second-order valence-corrected chi connectivity index (χ2v) is 6.76. The third kappa shape index (κ3) is 10.7. The minimum absolute atomic E-state index is 0.406. The van der Waals surface area contributed by atoms with Crippen molar-refractivity contribution >= 4 is 16.0 Å². The van der Waals surface area contributed by atoms with Gasteiger partial charge in [0.1, 0.15) is 12.4 Å². The number of hydrogen-bond acceptors (Lipinski definition) is 5. The summed E-state index contributed by atoms with van der Waals surface area (Å²) in [5.41, 5.74) is 0. The van der Waals surface area contributed by atoms with Crippen molar-refractivity contribution in [1.29, 1.82) is 0 Å². The summed E-state index contributed by atoms with van der Waals surface area (Å²) in [6.45, 7) is 2.89. The number of ether oxygens (including phenoxy) is 1. The van der Waals surface area contributed by atoms with Crippen molar-refractivity contribution in [1.82, 2.24) is 15.4 Å². The molecule has 3 N–H and O–H groups in total. The lowest BCUT2D eigenvalue weighted by molar-refractivity contribution is 0.105. The molecule has 1 rings (SSSR count). The van der Waals surface area contributed by atoms with Gasteiger partial charge >= 0.3 is 0 Å². The van der Waals surface area contributed by atoms with Crippen LogP contribution in [0, 0.1) is 0 Å². The Kier molecular flexibility index (Phi) is 9.34. The SMILES string of the molecule is CN=C(NCCCNS(C)(=O)=O)NCCCOCc1ccco1. The largest absolute Gasteiger partial charge is 0.467 e. The summed E-state index contributed by atoms with van der Waals surface area (Å²) in [6.07, 6.45) is 4.30. The van der Waals surface area contributed by atoms with E-state index in [2.05, 4.69) is 20.3 Å². The van der Waals surface area contributed by atoms with Gasteiger partial charge in [-0.05, 0) is 25.0 Å². The first-order valence-electron chi connectivity index (χ1n) is 7.50. The number of nitrogens with zero attached hydrogens (tertiary/aromatic N) is 1. The van der Waals surface area contributed by atoms with Gasteiger partial charge in [-0.2, -0.15) is 0 Å². The van der Waals surface area contributed by atoms with Gasteiger partial charge in [0.15, 0.2) is 5.96 Å². The van der Waals surface area contributed by atoms with Crippen LogP contribution in [0.4, 0.5) is 0 Å². The van der Waals surface area contributed by atoms with E-state index in [1.165, 1.54) is 0 Å². The van der Waals surface area contributed by atoms with Gasteiger partial charge < -0.3 is 19.8 Å². The molecule has 0 spiro atoms. The highest BCUT2D eigenvalue weighted by atomic mass is 32.2. The van der Waals surface area contributed by atoms with E-state index in [0.717, 1.165) is 25.0 Å². The van der Waals surface area contributed by atoms with E-state index in [0.29, 0.717) is 38.7 Å². The van der Waals surface area contributed by atoms with E-state index in [1.807, 2.05) is 12.1 Å². The molecule has 1 heterocycles. The molecule has 0 unspecified atom stereocenters. The molecule has 0 amide bonds. The Morgan fingerprint density at radius 3 is 2.61 bits per heavy atom. The Balaban J connectivity index is 1.99. The van der Waals surface area contributed by atoms with Crippen LogP contribution in [0.5, 0.6) is 0 Å². The van der Waals surface area contributed by atoms with Crippen molar-refractivity contribution in [3.05, 3.63) is 24.2 Å². The topological polar surface area (TPSA) is 105 Å². The Hall–Kier alpha value is -1.58. The standard InChI is InChI=1S/C14H26N4O4S/c1-15-14(16-7-4-9-18-23(2,19)20)17-8-5-10-21-12-13-6-3-11-22-13/h3,6,11,18H,4-5,7-10,12H2,1-2H3,(H2,15,16,17). The molecule has 132 valence electrons. The zero-order valence-corrected chi connectivity index (χ0v) is 14.5. The Morgan fingerprint density at radius 1 is 1.26 bits per heavy atom. The van der Waals surface area contributed by atoms with E-state index in [1.54, 1.807) is 13.3 Å². The maximum atomic E-state index is 10.9. The summed E-state index contributed by atoms with van der Waals surface area (Å²) in [4.78, 5) is 4.09. The third-order valence-corrected chi connectivity index (χ3v) is 3.54. The zero-order chi connectivity index (χ0) is 17.0. The molecule has 0 fully saturated rings. The smallest absolute Gasteiger partial charge is 0.208 e. The summed E-state index contributed by atoms with van der Waals surface area (Å²) >= 11 is 0. The summed E-state index contributed by atoms with van der Waals surface area (Å²) in [6, 6.07) is 3.71. The summed E-state index contributed by atoms with van der Waals surface area (Å²) in [7, 11) is -1.42. The molecule has 0 saturated carbocycles. The maximum absolute atomic E-state index is 10.9. The van der Waals surface area contributed by atoms with Crippen LogP contribution in [0.15, 0.2) is 27.8 Å². The normalized spacial score (nSPS) is 12.3. The molecule has 0 aromatic carbocycles. The number of furan rings is 1. The van der Waals surface area contributed by atoms with Crippen LogP contribution in [0.1, 0.15) is 18.6 Å². The molecule has 0 bridgehead atoms. The number of rotatable bonds is 11. The third-order valence-electron chi connectivity index (χ3n) is 2.82. The lowest BCUT2D eigenvalue weighted by Gasteiger charge is -2.11. The zero-order valence-electron chi connectivity index (χ0n) is 13.7. The molecule has 1 aromatic rings. The van der Waals surface area contributed by atoms with Crippen molar-refractivity contribution in [3.8, 4) is 0 Å². The second-order valence-electron chi connectivity index (χ2n) is 4.93. The molecular weight excluding hydrogens is 320 g/mol. The molecule has 0 aliphatic rings. The quantitative estimate of drug-likeness (QED) is 0.302. The summed E-state index contributed by atoms with van der Waals surface area (Å²) in [5.74, 6) is 1.51. The highest BCUT2D eigenvalue weighted by molar-refractivity contribution is 7.88. The van der Waals surface area contributed by atoms with Crippen molar-refractivity contribution in [2.75, 3.05) is 39.5 Å². The molecule has 0 aliphatic heterocycles. The summed E-state index contributed by atoms with van der Waals surface area (Å²) < 4.78 is 34.9. The molecule has 9 heteroatoms. The van der Waals surface area contributed by atoms with Crippen LogP contribution in [0.3, 0.4) is 0 Å². The van der Waals surface area contributed by atoms with E-state index in [9.17, 15) is 8.42 Å². The first-order valence-corrected chi connectivity index (χ1v) is 9.39. The van der Waals surface area contributed by atoms with Gasteiger partial charge in [-0.15, -0.1) is 0 Å². The second kappa shape index (κ2) is 11.0. The number of aliphatic imine (C=N–C) groups is 1. The van der Waals surface area contributed by atoms with E-state index in [-0.39, 0.29) is 0 Å². The van der Waals surface area contributed by atoms with Gasteiger partial charge in [0, 0.05) is 33.3 Å². The van der Waals surface area contributed by atoms with Crippen LogP contribution in [-0.2, 0) is 21.4 Å². The number of guanidine groups is 1. The van der Waals surface area contributed by atoms with Crippen LogP contribution in [0.2, 0.25) is 0 Å². The molecule has 0 saturated heterocycles. The first kappa shape index (κ1) is 19.5.